The zero-order valence-corrected chi connectivity index (χ0v) is 15.0. The molecule has 0 aromatic carbocycles. The Hall–Kier alpha value is 0.130. The highest BCUT2D eigenvalue weighted by Crippen LogP contribution is 2.35. The first kappa shape index (κ1) is 15.5. The number of fused-ring (bicyclic) bond motifs is 1. The van der Waals surface area contributed by atoms with Crippen LogP contribution in [0.5, 0.6) is 0 Å². The van der Waals surface area contributed by atoms with Crippen molar-refractivity contribution in [1.82, 2.24) is 5.32 Å². The summed E-state index contributed by atoms with van der Waals surface area (Å²) in [6, 6.07) is 2.12. The highest BCUT2D eigenvalue weighted by atomic mass is 79.9. The normalized spacial score (nSPS) is 19.0. The van der Waals surface area contributed by atoms with Crippen molar-refractivity contribution in [2.45, 2.75) is 44.1 Å². The van der Waals surface area contributed by atoms with Crippen LogP contribution < -0.4 is 5.32 Å². The van der Waals surface area contributed by atoms with Gasteiger partial charge in [-0.2, -0.15) is 0 Å². The smallest absolute Gasteiger partial charge is 0.228 e. The molecule has 0 bridgehead atoms. The molecule has 106 valence electrons. The van der Waals surface area contributed by atoms with Gasteiger partial charge in [0.15, 0.2) is 0 Å². The van der Waals surface area contributed by atoms with Gasteiger partial charge in [-0.1, -0.05) is 38.8 Å². The van der Waals surface area contributed by atoms with E-state index in [9.17, 15) is 4.79 Å². The second-order valence-electron chi connectivity index (χ2n) is 5.13. The van der Waals surface area contributed by atoms with Crippen molar-refractivity contribution in [1.29, 1.82) is 0 Å². The van der Waals surface area contributed by atoms with Gasteiger partial charge in [0.2, 0.25) is 5.91 Å². The molecule has 0 aliphatic heterocycles. The number of alkyl halides is 2. The van der Waals surface area contributed by atoms with Crippen LogP contribution in [0, 0.1) is 0 Å². The Morgan fingerprint density at radius 1 is 1.53 bits per heavy atom. The van der Waals surface area contributed by atoms with Crippen LogP contribution in [0.1, 0.15) is 42.5 Å². The molecule has 1 heterocycles. The Balaban J connectivity index is 2.14. The minimum absolute atomic E-state index is 0.0408. The van der Waals surface area contributed by atoms with Crippen molar-refractivity contribution in [3.8, 4) is 0 Å². The molecule has 0 fully saturated rings. The molecule has 0 saturated carbocycles. The van der Waals surface area contributed by atoms with Crippen LogP contribution in [-0.2, 0) is 11.2 Å². The largest absolute Gasteiger partial charge is 0.348 e. The summed E-state index contributed by atoms with van der Waals surface area (Å²) in [4.78, 5) is 14.0. The van der Waals surface area contributed by atoms with Crippen molar-refractivity contribution in [3.63, 3.8) is 0 Å². The maximum atomic E-state index is 12.6. The summed E-state index contributed by atoms with van der Waals surface area (Å²) < 4.78 is 0. The van der Waals surface area contributed by atoms with Gasteiger partial charge in [-0.05, 0) is 42.7 Å². The summed E-state index contributed by atoms with van der Waals surface area (Å²) >= 11 is 8.84. The van der Waals surface area contributed by atoms with Gasteiger partial charge in [0.1, 0.15) is 0 Å². The number of hydrogen-bond donors (Lipinski definition) is 1. The van der Waals surface area contributed by atoms with Gasteiger partial charge in [-0.15, -0.1) is 11.3 Å². The monoisotopic (exact) mass is 407 g/mol. The lowest BCUT2D eigenvalue weighted by atomic mass is 9.86. The van der Waals surface area contributed by atoms with E-state index in [1.165, 1.54) is 10.4 Å². The van der Waals surface area contributed by atoms with Gasteiger partial charge >= 0.3 is 0 Å². The fraction of sp³-hybridized carbons (Fsp3) is 0.643. The van der Waals surface area contributed by atoms with Crippen molar-refractivity contribution < 1.29 is 4.79 Å². The predicted molar refractivity (Wildman–Crippen MR) is 88.8 cm³/mol. The zero-order valence-electron chi connectivity index (χ0n) is 11.0. The number of carbonyl (C=O) groups excluding carboxylic acids is 1. The topological polar surface area (TPSA) is 29.1 Å². The number of rotatable bonds is 5. The van der Waals surface area contributed by atoms with Gasteiger partial charge in [0, 0.05) is 15.5 Å². The minimum Gasteiger partial charge on any atom is -0.348 e. The predicted octanol–water partition coefficient (Wildman–Crippen LogP) is 4.22. The van der Waals surface area contributed by atoms with Gasteiger partial charge in [-0.3, -0.25) is 4.79 Å². The van der Waals surface area contributed by atoms with E-state index < -0.39 is 0 Å². The lowest BCUT2D eigenvalue weighted by Gasteiger charge is -2.33. The SMILES string of the molecule is CCC(CBr)(CBr)NC(=O)C1CCCc2sccc21. The Morgan fingerprint density at radius 2 is 2.26 bits per heavy atom. The van der Waals surface area contributed by atoms with Gasteiger partial charge in [0.05, 0.1) is 11.5 Å². The highest BCUT2D eigenvalue weighted by molar-refractivity contribution is 9.09. The standard InChI is InChI=1S/C14H19Br2NOS/c1-2-14(8-15,9-16)17-13(18)11-4-3-5-12-10(11)6-7-19-12/h6-7,11H,2-5,8-9H2,1H3,(H,17,18). The van der Waals surface area contributed by atoms with Crippen molar-refractivity contribution in [2.24, 2.45) is 0 Å². The molecule has 19 heavy (non-hydrogen) atoms. The molecule has 2 nitrogen and oxygen atoms in total. The number of aryl methyl sites for hydroxylation is 1. The Bertz CT molecular complexity index is 434. The van der Waals surface area contributed by atoms with Gasteiger partial charge in [-0.25, -0.2) is 0 Å². The second kappa shape index (κ2) is 6.72. The van der Waals surface area contributed by atoms with Crippen LogP contribution in [0.4, 0.5) is 0 Å². The molecular weight excluding hydrogens is 390 g/mol. The van der Waals surface area contributed by atoms with Crippen molar-refractivity contribution >= 4 is 49.1 Å². The summed E-state index contributed by atoms with van der Waals surface area (Å²) in [6.45, 7) is 2.11. The summed E-state index contributed by atoms with van der Waals surface area (Å²) in [5.41, 5.74) is 1.08. The average Bonchev–Trinajstić information content (AvgIpc) is 2.93. The molecular formula is C14H19Br2NOS. The van der Waals surface area contributed by atoms with E-state index in [0.717, 1.165) is 36.3 Å². The molecule has 1 unspecified atom stereocenters. The molecule has 1 aliphatic carbocycles. The van der Waals surface area contributed by atoms with E-state index in [0.29, 0.717) is 0 Å². The molecule has 5 heteroatoms. The van der Waals surface area contributed by atoms with Crippen LogP contribution in [-0.4, -0.2) is 22.1 Å². The van der Waals surface area contributed by atoms with E-state index in [-0.39, 0.29) is 17.4 Å². The van der Waals surface area contributed by atoms with E-state index in [1.54, 1.807) is 11.3 Å². The molecule has 1 amide bonds. The third-order valence-corrected chi connectivity index (χ3v) is 7.09. The third kappa shape index (κ3) is 3.24. The maximum absolute atomic E-state index is 12.6. The van der Waals surface area contributed by atoms with Crippen molar-refractivity contribution in [2.75, 3.05) is 10.7 Å². The fourth-order valence-electron chi connectivity index (χ4n) is 2.49. The highest BCUT2D eigenvalue weighted by Gasteiger charge is 2.33. The Labute approximate surface area is 135 Å². The molecule has 1 aliphatic rings. The molecule has 2 rings (SSSR count). The number of carbonyl (C=O) groups is 1. The zero-order chi connectivity index (χ0) is 13.9. The summed E-state index contributed by atoms with van der Waals surface area (Å²) in [7, 11) is 0. The maximum Gasteiger partial charge on any atom is 0.228 e. The number of nitrogens with one attached hydrogen (secondary N) is 1. The molecule has 1 aromatic rings. The quantitative estimate of drug-likeness (QED) is 0.726. The van der Waals surface area contributed by atoms with E-state index in [4.69, 9.17) is 0 Å². The molecule has 1 atom stereocenters. The summed E-state index contributed by atoms with van der Waals surface area (Å²) in [5, 5.41) is 6.91. The Kier molecular flexibility index (Phi) is 5.49. The molecule has 0 radical (unpaired) electrons. The number of amides is 1. The van der Waals surface area contributed by atoms with Crippen LogP contribution in [0.25, 0.3) is 0 Å². The fourth-order valence-corrected chi connectivity index (χ4v) is 5.48. The van der Waals surface area contributed by atoms with Gasteiger partial charge in [0.25, 0.3) is 0 Å². The van der Waals surface area contributed by atoms with Crippen molar-refractivity contribution in [3.05, 3.63) is 21.9 Å². The second-order valence-corrected chi connectivity index (χ2v) is 7.26. The molecule has 1 N–H and O–H groups in total. The third-order valence-electron chi connectivity index (χ3n) is 3.95. The van der Waals surface area contributed by atoms with Crippen LogP contribution in [0.3, 0.4) is 0 Å². The number of hydrogen-bond acceptors (Lipinski definition) is 2. The van der Waals surface area contributed by atoms with Crippen LogP contribution in [0.2, 0.25) is 0 Å². The Morgan fingerprint density at radius 3 is 2.89 bits per heavy atom. The number of halogens is 2. The minimum atomic E-state index is -0.176. The first-order valence-electron chi connectivity index (χ1n) is 6.66. The van der Waals surface area contributed by atoms with Crippen LogP contribution >= 0.6 is 43.2 Å². The van der Waals surface area contributed by atoms with Crippen LogP contribution in [0.15, 0.2) is 11.4 Å². The molecule has 1 aromatic heterocycles. The summed E-state index contributed by atoms with van der Waals surface area (Å²) in [5.74, 6) is 0.221. The number of thiophene rings is 1. The van der Waals surface area contributed by atoms with E-state index in [1.807, 2.05) is 0 Å². The van der Waals surface area contributed by atoms with Gasteiger partial charge < -0.3 is 5.32 Å². The van der Waals surface area contributed by atoms with E-state index in [2.05, 4.69) is 55.5 Å². The molecule has 0 spiro atoms. The first-order chi connectivity index (χ1) is 9.15. The van der Waals surface area contributed by atoms with E-state index >= 15 is 0 Å². The summed E-state index contributed by atoms with van der Waals surface area (Å²) in [6.07, 6.45) is 4.14. The molecule has 0 saturated heterocycles. The lowest BCUT2D eigenvalue weighted by molar-refractivity contribution is -0.124. The first-order valence-corrected chi connectivity index (χ1v) is 9.78. The average molecular weight is 409 g/mol. The lowest BCUT2D eigenvalue weighted by Crippen LogP contribution is -2.52.